The Kier molecular flexibility index (Phi) is 4.61. The van der Waals surface area contributed by atoms with Crippen molar-refractivity contribution < 1.29 is 9.53 Å². The van der Waals surface area contributed by atoms with E-state index in [4.69, 9.17) is 16.3 Å². The third-order valence-corrected chi connectivity index (χ3v) is 3.33. The van der Waals surface area contributed by atoms with Crippen molar-refractivity contribution in [1.29, 1.82) is 0 Å². The number of amides is 1. The van der Waals surface area contributed by atoms with Gasteiger partial charge < -0.3 is 10.1 Å². The highest BCUT2D eigenvalue weighted by molar-refractivity contribution is 6.30. The highest BCUT2D eigenvalue weighted by Gasteiger charge is 2.39. The van der Waals surface area contributed by atoms with Crippen molar-refractivity contribution in [2.75, 3.05) is 13.2 Å². The van der Waals surface area contributed by atoms with E-state index in [0.29, 0.717) is 25.6 Å². The summed E-state index contributed by atoms with van der Waals surface area (Å²) in [6.45, 7) is 3.08. The second-order valence-electron chi connectivity index (χ2n) is 4.52. The van der Waals surface area contributed by atoms with Crippen LogP contribution in [-0.4, -0.2) is 25.2 Å². The molecule has 1 aromatic carbocycles. The Bertz CT molecular complexity index is 422. The number of carbonyl (C=O) groups excluding carboxylic acids is 1. The van der Waals surface area contributed by atoms with E-state index in [1.807, 2.05) is 25.1 Å². The number of rotatable bonds is 6. The number of benzene rings is 1. The van der Waals surface area contributed by atoms with Crippen LogP contribution < -0.4 is 5.32 Å². The van der Waals surface area contributed by atoms with Gasteiger partial charge in [0.2, 0.25) is 5.91 Å². The molecule has 98 valence electrons. The maximum Gasteiger partial charge on any atom is 0.222 e. The van der Waals surface area contributed by atoms with Crippen LogP contribution in [0.5, 0.6) is 0 Å². The van der Waals surface area contributed by atoms with Crippen LogP contribution in [0.2, 0.25) is 5.02 Å². The molecular weight excluding hydrogens is 250 g/mol. The zero-order valence-corrected chi connectivity index (χ0v) is 11.2. The van der Waals surface area contributed by atoms with Crippen LogP contribution in [0.25, 0.3) is 0 Å². The molecule has 0 bridgehead atoms. The third kappa shape index (κ3) is 3.72. The fraction of sp³-hybridized carbons (Fsp3) is 0.500. The van der Waals surface area contributed by atoms with E-state index >= 15 is 0 Å². The molecule has 1 aliphatic rings. The third-order valence-electron chi connectivity index (χ3n) is 3.09. The standard InChI is InChI=1S/C14H18ClNO2/c1-2-18-7-6-14(17)16-13-9-12(13)10-4-3-5-11(15)8-10/h3-5,8,12-13H,2,6-7,9H2,1H3,(H,16,17). The van der Waals surface area contributed by atoms with Gasteiger partial charge in [0.25, 0.3) is 0 Å². The maximum atomic E-state index is 11.6. The van der Waals surface area contributed by atoms with E-state index < -0.39 is 0 Å². The normalized spacial score (nSPS) is 21.7. The highest BCUT2D eigenvalue weighted by Crippen LogP contribution is 2.41. The molecule has 1 N–H and O–H groups in total. The van der Waals surface area contributed by atoms with Gasteiger partial charge >= 0.3 is 0 Å². The Hall–Kier alpha value is -1.06. The molecule has 0 spiro atoms. The second kappa shape index (κ2) is 6.21. The Labute approximate surface area is 112 Å². The van der Waals surface area contributed by atoms with Gasteiger partial charge in [0, 0.05) is 30.0 Å². The first-order chi connectivity index (χ1) is 8.70. The summed E-state index contributed by atoms with van der Waals surface area (Å²) in [5.41, 5.74) is 1.21. The molecule has 2 atom stereocenters. The summed E-state index contributed by atoms with van der Waals surface area (Å²) < 4.78 is 5.16. The average molecular weight is 268 g/mol. The van der Waals surface area contributed by atoms with Gasteiger partial charge in [0.15, 0.2) is 0 Å². The van der Waals surface area contributed by atoms with Crippen molar-refractivity contribution in [3.8, 4) is 0 Å². The van der Waals surface area contributed by atoms with Gasteiger partial charge in [0.05, 0.1) is 6.61 Å². The monoisotopic (exact) mass is 267 g/mol. The average Bonchev–Trinajstić information content (AvgIpc) is 3.08. The first kappa shape index (κ1) is 13.4. The molecule has 0 heterocycles. The Morgan fingerprint density at radius 1 is 1.56 bits per heavy atom. The minimum absolute atomic E-state index is 0.0676. The van der Waals surface area contributed by atoms with Crippen LogP contribution in [0.1, 0.15) is 31.2 Å². The number of carbonyl (C=O) groups is 1. The lowest BCUT2D eigenvalue weighted by atomic mass is 10.1. The lowest BCUT2D eigenvalue weighted by Crippen LogP contribution is -2.27. The fourth-order valence-electron chi connectivity index (χ4n) is 2.05. The molecule has 1 saturated carbocycles. The molecule has 18 heavy (non-hydrogen) atoms. The lowest BCUT2D eigenvalue weighted by Gasteiger charge is -2.05. The van der Waals surface area contributed by atoms with Crippen molar-refractivity contribution in [2.45, 2.75) is 31.7 Å². The van der Waals surface area contributed by atoms with Gasteiger partial charge in [-0.15, -0.1) is 0 Å². The molecule has 0 aliphatic heterocycles. The van der Waals surface area contributed by atoms with Crippen LogP contribution in [0.15, 0.2) is 24.3 Å². The predicted molar refractivity (Wildman–Crippen MR) is 71.9 cm³/mol. The maximum absolute atomic E-state index is 11.6. The highest BCUT2D eigenvalue weighted by atomic mass is 35.5. The molecule has 2 unspecified atom stereocenters. The summed E-state index contributed by atoms with van der Waals surface area (Å²) in [4.78, 5) is 11.6. The SMILES string of the molecule is CCOCCC(=O)NC1CC1c1cccc(Cl)c1. The molecule has 0 aromatic heterocycles. The molecular formula is C14H18ClNO2. The van der Waals surface area contributed by atoms with Crippen LogP contribution >= 0.6 is 11.6 Å². The van der Waals surface area contributed by atoms with Crippen LogP contribution in [0.3, 0.4) is 0 Å². The molecule has 1 amide bonds. The molecule has 3 nitrogen and oxygen atoms in total. The number of ether oxygens (including phenoxy) is 1. The van der Waals surface area contributed by atoms with Gasteiger partial charge in [-0.05, 0) is 31.0 Å². The number of hydrogen-bond donors (Lipinski definition) is 1. The smallest absolute Gasteiger partial charge is 0.222 e. The molecule has 1 aliphatic carbocycles. The minimum atomic E-state index is 0.0676. The van der Waals surface area contributed by atoms with Gasteiger partial charge in [-0.1, -0.05) is 23.7 Å². The Balaban J connectivity index is 1.76. The fourth-order valence-corrected chi connectivity index (χ4v) is 2.25. The lowest BCUT2D eigenvalue weighted by molar-refractivity contribution is -0.122. The summed E-state index contributed by atoms with van der Waals surface area (Å²) in [5, 5.41) is 3.77. The first-order valence-corrected chi connectivity index (χ1v) is 6.71. The minimum Gasteiger partial charge on any atom is -0.381 e. The summed E-state index contributed by atoms with van der Waals surface area (Å²) in [5.74, 6) is 0.484. The summed E-state index contributed by atoms with van der Waals surface area (Å²) in [7, 11) is 0. The molecule has 1 aromatic rings. The van der Waals surface area contributed by atoms with E-state index in [-0.39, 0.29) is 11.9 Å². The molecule has 0 saturated heterocycles. The van der Waals surface area contributed by atoms with E-state index in [9.17, 15) is 4.79 Å². The van der Waals surface area contributed by atoms with Crippen molar-refractivity contribution >= 4 is 17.5 Å². The van der Waals surface area contributed by atoms with Gasteiger partial charge in [-0.2, -0.15) is 0 Å². The molecule has 2 rings (SSSR count). The second-order valence-corrected chi connectivity index (χ2v) is 4.95. The van der Waals surface area contributed by atoms with Crippen molar-refractivity contribution in [3.63, 3.8) is 0 Å². The quantitative estimate of drug-likeness (QED) is 0.805. The topological polar surface area (TPSA) is 38.3 Å². The van der Waals surface area contributed by atoms with Gasteiger partial charge in [-0.25, -0.2) is 0 Å². The van der Waals surface area contributed by atoms with Gasteiger partial charge in [0.1, 0.15) is 0 Å². The zero-order valence-electron chi connectivity index (χ0n) is 10.5. The van der Waals surface area contributed by atoms with E-state index in [1.165, 1.54) is 5.56 Å². The molecule has 1 fully saturated rings. The van der Waals surface area contributed by atoms with Crippen LogP contribution in [-0.2, 0) is 9.53 Å². The summed E-state index contributed by atoms with van der Waals surface area (Å²) >= 11 is 5.95. The van der Waals surface area contributed by atoms with E-state index in [1.54, 1.807) is 0 Å². The van der Waals surface area contributed by atoms with E-state index in [2.05, 4.69) is 11.4 Å². The van der Waals surface area contributed by atoms with Gasteiger partial charge in [-0.3, -0.25) is 4.79 Å². The number of halogens is 1. The van der Waals surface area contributed by atoms with Crippen molar-refractivity contribution in [1.82, 2.24) is 5.32 Å². The zero-order chi connectivity index (χ0) is 13.0. The van der Waals surface area contributed by atoms with Crippen molar-refractivity contribution in [3.05, 3.63) is 34.9 Å². The van der Waals surface area contributed by atoms with E-state index in [0.717, 1.165) is 11.4 Å². The molecule has 0 radical (unpaired) electrons. The van der Waals surface area contributed by atoms with Crippen LogP contribution in [0, 0.1) is 0 Å². The predicted octanol–water partition coefficient (Wildman–Crippen LogP) is 2.74. The molecule has 4 heteroatoms. The van der Waals surface area contributed by atoms with Crippen LogP contribution in [0.4, 0.5) is 0 Å². The Morgan fingerprint density at radius 2 is 2.39 bits per heavy atom. The summed E-state index contributed by atoms with van der Waals surface area (Å²) in [6, 6.07) is 8.10. The summed E-state index contributed by atoms with van der Waals surface area (Å²) in [6.07, 6.45) is 1.44. The first-order valence-electron chi connectivity index (χ1n) is 6.33. The number of hydrogen-bond acceptors (Lipinski definition) is 2. The van der Waals surface area contributed by atoms with Crippen molar-refractivity contribution in [2.24, 2.45) is 0 Å². The Morgan fingerprint density at radius 3 is 3.11 bits per heavy atom. The number of nitrogens with one attached hydrogen (secondary N) is 1. The largest absolute Gasteiger partial charge is 0.381 e.